The van der Waals surface area contributed by atoms with E-state index < -0.39 is 0 Å². The lowest BCUT2D eigenvalue weighted by Crippen LogP contribution is -2.25. The van der Waals surface area contributed by atoms with E-state index in [2.05, 4.69) is 43.8 Å². The summed E-state index contributed by atoms with van der Waals surface area (Å²) < 4.78 is 1.03. The number of aryl methyl sites for hydroxylation is 1. The maximum absolute atomic E-state index is 11.8. The molecule has 0 bridgehead atoms. The van der Waals surface area contributed by atoms with Crippen LogP contribution in [0.4, 0.5) is 0 Å². The lowest BCUT2D eigenvalue weighted by Gasteiger charge is -2.07. The number of carbonyl (C=O) groups is 1. The van der Waals surface area contributed by atoms with Gasteiger partial charge in [-0.05, 0) is 47.6 Å². The largest absolute Gasteiger partial charge is 0.352 e. The molecule has 15 heavy (non-hydrogen) atoms. The molecule has 1 aromatic carbocycles. The Morgan fingerprint density at radius 2 is 2.27 bits per heavy atom. The fraction of sp³-hybridized carbons (Fsp3) is 0.364. The van der Waals surface area contributed by atoms with Gasteiger partial charge in [-0.1, -0.05) is 28.1 Å². The predicted octanol–water partition coefficient (Wildman–Crippen LogP) is 3.11. The maximum Gasteiger partial charge on any atom is 0.252 e. The zero-order valence-electron chi connectivity index (χ0n) is 8.52. The molecule has 0 unspecified atom stereocenters. The van der Waals surface area contributed by atoms with Crippen LogP contribution in [0.1, 0.15) is 22.3 Å². The highest BCUT2D eigenvalue weighted by atomic mass is 127. The van der Waals surface area contributed by atoms with Gasteiger partial charge < -0.3 is 5.32 Å². The Labute approximate surface area is 112 Å². The minimum atomic E-state index is 0.0176. The van der Waals surface area contributed by atoms with Crippen LogP contribution in [-0.2, 0) is 0 Å². The smallest absolute Gasteiger partial charge is 0.252 e. The van der Waals surface area contributed by atoms with Crippen LogP contribution in [0, 0.1) is 10.5 Å². The average molecular weight is 382 g/mol. The Morgan fingerprint density at radius 3 is 2.93 bits per heavy atom. The molecule has 1 N–H and O–H groups in total. The third kappa shape index (κ3) is 3.75. The average Bonchev–Trinajstić information content (AvgIpc) is 2.22. The van der Waals surface area contributed by atoms with Gasteiger partial charge in [0.2, 0.25) is 0 Å². The van der Waals surface area contributed by atoms with Gasteiger partial charge in [-0.2, -0.15) is 0 Å². The van der Waals surface area contributed by atoms with Crippen LogP contribution in [0.25, 0.3) is 0 Å². The van der Waals surface area contributed by atoms with E-state index >= 15 is 0 Å². The molecule has 2 nitrogen and oxygen atoms in total. The third-order valence-electron chi connectivity index (χ3n) is 2.03. The molecule has 0 aromatic heterocycles. The van der Waals surface area contributed by atoms with Gasteiger partial charge >= 0.3 is 0 Å². The van der Waals surface area contributed by atoms with Crippen molar-refractivity contribution in [2.24, 2.45) is 0 Å². The standard InChI is InChI=1S/C11H13BrINO/c1-8-4-2-5-9(10(8)13)11(15)14-7-3-6-12/h2,4-5H,3,6-7H2,1H3,(H,14,15). The quantitative estimate of drug-likeness (QED) is 0.484. The number of alkyl halides is 1. The van der Waals surface area contributed by atoms with Crippen molar-refractivity contribution in [3.05, 3.63) is 32.9 Å². The minimum absolute atomic E-state index is 0.0176. The summed E-state index contributed by atoms with van der Waals surface area (Å²) in [5.41, 5.74) is 1.91. The van der Waals surface area contributed by atoms with Gasteiger partial charge in [0.15, 0.2) is 0 Å². The monoisotopic (exact) mass is 381 g/mol. The van der Waals surface area contributed by atoms with Crippen LogP contribution in [0.2, 0.25) is 0 Å². The molecule has 0 saturated carbocycles. The summed E-state index contributed by atoms with van der Waals surface area (Å²) in [6.07, 6.45) is 0.953. The number of rotatable bonds is 4. The molecule has 0 aliphatic heterocycles. The van der Waals surface area contributed by atoms with Gasteiger partial charge in [-0.15, -0.1) is 0 Å². The van der Waals surface area contributed by atoms with Crippen molar-refractivity contribution in [2.45, 2.75) is 13.3 Å². The first-order chi connectivity index (χ1) is 7.16. The summed E-state index contributed by atoms with van der Waals surface area (Å²) in [5.74, 6) is 0.0176. The summed E-state index contributed by atoms with van der Waals surface area (Å²) in [4.78, 5) is 11.8. The van der Waals surface area contributed by atoms with Crippen LogP contribution < -0.4 is 5.32 Å². The van der Waals surface area contributed by atoms with E-state index in [1.54, 1.807) is 0 Å². The molecular weight excluding hydrogens is 369 g/mol. The van der Waals surface area contributed by atoms with Crippen LogP contribution in [0.15, 0.2) is 18.2 Å². The highest BCUT2D eigenvalue weighted by molar-refractivity contribution is 14.1. The third-order valence-corrected chi connectivity index (χ3v) is 4.03. The molecule has 0 atom stereocenters. The fourth-order valence-corrected chi connectivity index (χ4v) is 2.07. The SMILES string of the molecule is Cc1cccc(C(=O)NCCCBr)c1I. The molecule has 1 amide bonds. The Bertz CT molecular complexity index is 354. The van der Waals surface area contributed by atoms with Crippen molar-refractivity contribution in [1.82, 2.24) is 5.32 Å². The maximum atomic E-state index is 11.8. The number of nitrogens with one attached hydrogen (secondary N) is 1. The second kappa shape index (κ2) is 6.48. The summed E-state index contributed by atoms with van der Waals surface area (Å²) in [6.45, 7) is 2.73. The van der Waals surface area contributed by atoms with Crippen LogP contribution >= 0.6 is 38.5 Å². The van der Waals surface area contributed by atoms with Gasteiger partial charge in [0.1, 0.15) is 0 Å². The number of carbonyl (C=O) groups excluding carboxylic acids is 1. The van der Waals surface area contributed by atoms with Crippen molar-refractivity contribution in [3.63, 3.8) is 0 Å². The zero-order valence-corrected chi connectivity index (χ0v) is 12.3. The number of halogens is 2. The second-order valence-corrected chi connectivity index (χ2v) is 5.11. The van der Waals surface area contributed by atoms with E-state index in [1.165, 1.54) is 0 Å². The molecule has 0 aliphatic rings. The van der Waals surface area contributed by atoms with Crippen molar-refractivity contribution in [1.29, 1.82) is 0 Å². The molecule has 0 fully saturated rings. The van der Waals surface area contributed by atoms with Crippen molar-refractivity contribution in [3.8, 4) is 0 Å². The molecule has 0 radical (unpaired) electrons. The lowest BCUT2D eigenvalue weighted by atomic mass is 10.1. The van der Waals surface area contributed by atoms with Gasteiger partial charge in [-0.3, -0.25) is 4.79 Å². The summed E-state index contributed by atoms with van der Waals surface area (Å²) in [7, 11) is 0. The Balaban J connectivity index is 2.69. The molecule has 1 rings (SSSR count). The molecule has 1 aromatic rings. The van der Waals surface area contributed by atoms with E-state index in [9.17, 15) is 4.79 Å². The molecule has 0 heterocycles. The topological polar surface area (TPSA) is 29.1 Å². The first kappa shape index (κ1) is 13.0. The van der Waals surface area contributed by atoms with Gasteiger partial charge in [-0.25, -0.2) is 0 Å². The van der Waals surface area contributed by atoms with Gasteiger partial charge in [0, 0.05) is 15.4 Å². The molecule has 0 spiro atoms. The molecular formula is C11H13BrINO. The summed E-state index contributed by atoms with van der Waals surface area (Å²) >= 11 is 5.54. The predicted molar refractivity (Wildman–Crippen MR) is 74.6 cm³/mol. The highest BCUT2D eigenvalue weighted by Crippen LogP contribution is 2.16. The molecule has 82 valence electrons. The second-order valence-electron chi connectivity index (χ2n) is 3.23. The van der Waals surface area contributed by atoms with E-state index in [4.69, 9.17) is 0 Å². The Morgan fingerprint density at radius 1 is 1.53 bits per heavy atom. The van der Waals surface area contributed by atoms with Crippen LogP contribution in [-0.4, -0.2) is 17.8 Å². The highest BCUT2D eigenvalue weighted by Gasteiger charge is 2.09. The lowest BCUT2D eigenvalue weighted by molar-refractivity contribution is 0.0953. The van der Waals surface area contributed by atoms with E-state index in [0.717, 1.165) is 26.4 Å². The van der Waals surface area contributed by atoms with Gasteiger partial charge in [0.05, 0.1) is 5.56 Å². The van der Waals surface area contributed by atoms with Gasteiger partial charge in [0.25, 0.3) is 5.91 Å². The Kier molecular flexibility index (Phi) is 5.60. The van der Waals surface area contributed by atoms with Crippen LogP contribution in [0.5, 0.6) is 0 Å². The van der Waals surface area contributed by atoms with E-state index in [0.29, 0.717) is 6.54 Å². The summed E-state index contributed by atoms with van der Waals surface area (Å²) in [6, 6.07) is 5.78. The first-order valence-corrected chi connectivity index (χ1v) is 6.96. The van der Waals surface area contributed by atoms with E-state index in [-0.39, 0.29) is 5.91 Å². The fourth-order valence-electron chi connectivity index (χ4n) is 1.19. The summed E-state index contributed by atoms with van der Waals surface area (Å²) in [5, 5.41) is 3.81. The number of benzene rings is 1. The van der Waals surface area contributed by atoms with Crippen LogP contribution in [0.3, 0.4) is 0 Å². The zero-order chi connectivity index (χ0) is 11.3. The normalized spacial score (nSPS) is 10.1. The minimum Gasteiger partial charge on any atom is -0.352 e. The van der Waals surface area contributed by atoms with Crippen molar-refractivity contribution >= 4 is 44.4 Å². The Hall–Kier alpha value is -0.100. The molecule has 0 saturated heterocycles. The number of amides is 1. The van der Waals surface area contributed by atoms with E-state index in [1.807, 2.05) is 25.1 Å². The molecule has 4 heteroatoms. The number of hydrogen-bond donors (Lipinski definition) is 1. The number of hydrogen-bond acceptors (Lipinski definition) is 1. The van der Waals surface area contributed by atoms with Crippen molar-refractivity contribution < 1.29 is 4.79 Å². The van der Waals surface area contributed by atoms with Crippen molar-refractivity contribution in [2.75, 3.05) is 11.9 Å². The first-order valence-electron chi connectivity index (χ1n) is 4.76. The molecule has 0 aliphatic carbocycles.